The minimum Gasteiger partial charge on any atom is -0.219 e. The fraction of sp³-hybridized carbons (Fsp3) is 0.0833. The van der Waals surface area contributed by atoms with Crippen molar-refractivity contribution in [3.63, 3.8) is 0 Å². The van der Waals surface area contributed by atoms with Gasteiger partial charge in [-0.25, -0.2) is 9.37 Å². The molecule has 82 valence electrons. The van der Waals surface area contributed by atoms with Gasteiger partial charge in [-0.2, -0.15) is 4.39 Å². The second kappa shape index (κ2) is 4.70. The van der Waals surface area contributed by atoms with Crippen molar-refractivity contribution in [3.8, 4) is 11.3 Å². The number of nitrogens with zero attached hydrogens (tertiary/aromatic N) is 1. The van der Waals surface area contributed by atoms with E-state index >= 15 is 0 Å². The van der Waals surface area contributed by atoms with Gasteiger partial charge >= 0.3 is 0 Å². The minimum atomic E-state index is -0.501. The molecule has 0 aliphatic heterocycles. The summed E-state index contributed by atoms with van der Waals surface area (Å²) in [5.74, 6) is -0.819. The molecule has 0 bridgehead atoms. The van der Waals surface area contributed by atoms with E-state index in [1.807, 2.05) is 0 Å². The third-order valence-corrected chi connectivity index (χ3v) is 2.81. The predicted molar refractivity (Wildman–Crippen MR) is 62.2 cm³/mol. The quantitative estimate of drug-likeness (QED) is 0.601. The lowest BCUT2D eigenvalue weighted by Gasteiger charge is -2.03. The summed E-state index contributed by atoms with van der Waals surface area (Å²) in [4.78, 5) is 3.82. The van der Waals surface area contributed by atoms with Gasteiger partial charge in [-0.05, 0) is 30.3 Å². The number of pyridine rings is 1. The molecule has 1 heterocycles. The Kier molecular flexibility index (Phi) is 3.29. The van der Waals surface area contributed by atoms with Gasteiger partial charge in [0.1, 0.15) is 5.82 Å². The molecule has 0 saturated heterocycles. The second-order valence-corrected chi connectivity index (χ2v) is 3.85. The Bertz CT molecular complexity index is 497. The van der Waals surface area contributed by atoms with Gasteiger partial charge in [-0.3, -0.25) is 0 Å². The maximum atomic E-state index is 13.4. The van der Waals surface area contributed by atoms with Crippen LogP contribution >= 0.6 is 15.9 Å². The Labute approximate surface area is 100 Å². The van der Waals surface area contributed by atoms with E-state index in [-0.39, 0.29) is 5.82 Å². The molecule has 0 atom stereocenters. The van der Waals surface area contributed by atoms with Gasteiger partial charge in [0.25, 0.3) is 0 Å². The van der Waals surface area contributed by atoms with Crippen LogP contribution in [0.2, 0.25) is 0 Å². The van der Waals surface area contributed by atoms with Gasteiger partial charge in [0.15, 0.2) is 0 Å². The van der Waals surface area contributed by atoms with E-state index in [2.05, 4.69) is 20.9 Å². The maximum Gasteiger partial charge on any atom is 0.217 e. The third kappa shape index (κ3) is 2.27. The highest BCUT2D eigenvalue weighted by atomic mass is 79.9. The van der Waals surface area contributed by atoms with E-state index in [1.165, 1.54) is 12.1 Å². The molecule has 0 aliphatic carbocycles. The van der Waals surface area contributed by atoms with Gasteiger partial charge in [0.2, 0.25) is 5.95 Å². The van der Waals surface area contributed by atoms with Crippen LogP contribution in [0, 0.1) is 11.8 Å². The monoisotopic (exact) mass is 283 g/mol. The summed E-state index contributed by atoms with van der Waals surface area (Å²) >= 11 is 3.17. The molecule has 2 rings (SSSR count). The molecule has 1 nitrogen and oxygen atoms in total. The SMILES string of the molecule is Fc1ccc(-c2ccc(CBr)c(F)n2)cc1. The number of hydrogen-bond donors (Lipinski definition) is 0. The Morgan fingerprint density at radius 1 is 1.00 bits per heavy atom. The van der Waals surface area contributed by atoms with Crippen LogP contribution in [0.1, 0.15) is 5.56 Å². The second-order valence-electron chi connectivity index (χ2n) is 3.29. The Balaban J connectivity index is 2.41. The first-order valence-electron chi connectivity index (χ1n) is 4.68. The van der Waals surface area contributed by atoms with Crippen LogP contribution in [-0.2, 0) is 5.33 Å². The average molecular weight is 284 g/mol. The van der Waals surface area contributed by atoms with Crippen LogP contribution in [0.25, 0.3) is 11.3 Å². The summed E-state index contributed by atoms with van der Waals surface area (Å²) in [6, 6.07) is 9.18. The molecule has 0 aliphatic rings. The van der Waals surface area contributed by atoms with Crippen LogP contribution in [0.3, 0.4) is 0 Å². The molecule has 1 aromatic heterocycles. The van der Waals surface area contributed by atoms with Crippen molar-refractivity contribution in [1.29, 1.82) is 0 Å². The predicted octanol–water partition coefficient (Wildman–Crippen LogP) is 3.92. The summed E-state index contributed by atoms with van der Waals surface area (Å²) < 4.78 is 26.1. The highest BCUT2D eigenvalue weighted by molar-refractivity contribution is 9.08. The zero-order chi connectivity index (χ0) is 11.5. The zero-order valence-corrected chi connectivity index (χ0v) is 9.84. The first kappa shape index (κ1) is 11.2. The molecule has 0 radical (unpaired) electrons. The molecular weight excluding hydrogens is 276 g/mol. The molecule has 0 unspecified atom stereocenters. The third-order valence-electron chi connectivity index (χ3n) is 2.21. The van der Waals surface area contributed by atoms with Crippen molar-refractivity contribution in [2.75, 3.05) is 0 Å². The van der Waals surface area contributed by atoms with Crippen LogP contribution < -0.4 is 0 Å². The highest BCUT2D eigenvalue weighted by Crippen LogP contribution is 2.19. The minimum absolute atomic E-state index is 0.318. The standard InChI is InChI=1S/C12H8BrF2N/c13-7-9-3-6-11(16-12(9)15)8-1-4-10(14)5-2-8/h1-6H,7H2. The smallest absolute Gasteiger partial charge is 0.217 e. The summed E-state index contributed by atoms with van der Waals surface area (Å²) in [5, 5.41) is 0.426. The average Bonchev–Trinajstić information content (AvgIpc) is 2.30. The zero-order valence-electron chi connectivity index (χ0n) is 8.25. The number of halogens is 3. The summed E-state index contributed by atoms with van der Waals surface area (Å²) in [6.07, 6.45) is 0. The van der Waals surface area contributed by atoms with Gasteiger partial charge in [0.05, 0.1) is 5.69 Å². The van der Waals surface area contributed by atoms with E-state index in [0.29, 0.717) is 22.2 Å². The Morgan fingerprint density at radius 3 is 2.25 bits per heavy atom. The van der Waals surface area contributed by atoms with E-state index in [0.717, 1.165) is 0 Å². The first-order valence-corrected chi connectivity index (χ1v) is 5.80. The van der Waals surface area contributed by atoms with E-state index in [1.54, 1.807) is 24.3 Å². The number of aromatic nitrogens is 1. The van der Waals surface area contributed by atoms with Crippen molar-refractivity contribution in [2.45, 2.75) is 5.33 Å². The lowest BCUT2D eigenvalue weighted by atomic mass is 10.1. The van der Waals surface area contributed by atoms with Gasteiger partial charge in [0, 0.05) is 16.5 Å². The van der Waals surface area contributed by atoms with Crippen LogP contribution in [0.15, 0.2) is 36.4 Å². The van der Waals surface area contributed by atoms with E-state index in [4.69, 9.17) is 0 Å². The lowest BCUT2D eigenvalue weighted by molar-refractivity contribution is 0.575. The molecule has 2 aromatic rings. The van der Waals surface area contributed by atoms with Crippen molar-refractivity contribution in [3.05, 3.63) is 53.7 Å². The van der Waals surface area contributed by atoms with Gasteiger partial charge in [-0.1, -0.05) is 22.0 Å². The van der Waals surface area contributed by atoms with E-state index < -0.39 is 5.95 Å². The molecule has 0 fully saturated rings. The number of alkyl halides is 1. The largest absolute Gasteiger partial charge is 0.219 e. The molecule has 1 aromatic carbocycles. The van der Waals surface area contributed by atoms with Crippen molar-refractivity contribution < 1.29 is 8.78 Å². The number of benzene rings is 1. The molecule has 4 heteroatoms. The van der Waals surface area contributed by atoms with Crippen molar-refractivity contribution in [1.82, 2.24) is 4.98 Å². The number of hydrogen-bond acceptors (Lipinski definition) is 1. The maximum absolute atomic E-state index is 13.4. The highest BCUT2D eigenvalue weighted by Gasteiger charge is 2.05. The number of rotatable bonds is 2. The fourth-order valence-electron chi connectivity index (χ4n) is 1.34. The summed E-state index contributed by atoms with van der Waals surface area (Å²) in [5.41, 5.74) is 1.70. The van der Waals surface area contributed by atoms with Crippen LogP contribution in [0.5, 0.6) is 0 Å². The molecule has 0 amide bonds. The normalized spacial score (nSPS) is 10.4. The lowest BCUT2D eigenvalue weighted by Crippen LogP contribution is -1.93. The van der Waals surface area contributed by atoms with Crippen LogP contribution in [0.4, 0.5) is 8.78 Å². The Morgan fingerprint density at radius 2 is 1.69 bits per heavy atom. The van der Waals surface area contributed by atoms with E-state index in [9.17, 15) is 8.78 Å². The summed E-state index contributed by atoms with van der Waals surface area (Å²) in [6.45, 7) is 0. The van der Waals surface area contributed by atoms with Crippen LogP contribution in [-0.4, -0.2) is 4.98 Å². The van der Waals surface area contributed by atoms with Crippen molar-refractivity contribution in [2.24, 2.45) is 0 Å². The topological polar surface area (TPSA) is 12.9 Å². The molecule has 0 spiro atoms. The first-order chi connectivity index (χ1) is 7.70. The fourth-order valence-corrected chi connectivity index (χ4v) is 1.76. The van der Waals surface area contributed by atoms with Crippen molar-refractivity contribution >= 4 is 15.9 Å². The Hall–Kier alpha value is -1.29. The van der Waals surface area contributed by atoms with Gasteiger partial charge in [-0.15, -0.1) is 0 Å². The summed E-state index contributed by atoms with van der Waals surface area (Å²) in [7, 11) is 0. The molecular formula is C12H8BrF2N. The molecule has 0 saturated carbocycles. The molecule has 0 N–H and O–H groups in total. The molecule has 16 heavy (non-hydrogen) atoms. The van der Waals surface area contributed by atoms with Gasteiger partial charge < -0.3 is 0 Å².